The largest absolute Gasteiger partial charge is 0.480 e. The van der Waals surface area contributed by atoms with Crippen molar-refractivity contribution in [3.05, 3.63) is 34.9 Å². The van der Waals surface area contributed by atoms with Gasteiger partial charge in [-0.15, -0.1) is 5.10 Å². The van der Waals surface area contributed by atoms with Crippen molar-refractivity contribution in [3.63, 3.8) is 0 Å². The topological polar surface area (TPSA) is 96.9 Å². The Morgan fingerprint density at radius 2 is 2.09 bits per heavy atom. The van der Waals surface area contributed by atoms with Gasteiger partial charge < -0.3 is 10.0 Å². The van der Waals surface area contributed by atoms with Gasteiger partial charge >= 0.3 is 11.7 Å². The second-order valence-electron chi connectivity index (χ2n) is 5.19. The van der Waals surface area contributed by atoms with Crippen molar-refractivity contribution in [2.75, 3.05) is 6.54 Å². The fraction of sp³-hybridized carbons (Fsp3) is 0.429. The van der Waals surface area contributed by atoms with Gasteiger partial charge in [0.15, 0.2) is 5.65 Å². The fourth-order valence-electron chi connectivity index (χ4n) is 2.16. The normalized spacial score (nSPS) is 11.0. The maximum atomic E-state index is 12.1. The highest BCUT2D eigenvalue weighted by atomic mass is 16.4. The molecule has 22 heavy (non-hydrogen) atoms. The van der Waals surface area contributed by atoms with Crippen molar-refractivity contribution >= 4 is 17.5 Å². The highest BCUT2D eigenvalue weighted by Gasteiger charge is 2.20. The van der Waals surface area contributed by atoms with Gasteiger partial charge in [0.1, 0.15) is 6.54 Å². The van der Waals surface area contributed by atoms with E-state index >= 15 is 0 Å². The minimum absolute atomic E-state index is 0.0231. The van der Waals surface area contributed by atoms with E-state index in [2.05, 4.69) is 5.10 Å². The lowest BCUT2D eigenvalue weighted by Gasteiger charge is -2.24. The molecule has 0 bridgehead atoms. The van der Waals surface area contributed by atoms with Crippen molar-refractivity contribution in [1.29, 1.82) is 0 Å². The third-order valence-corrected chi connectivity index (χ3v) is 3.28. The molecule has 2 aromatic heterocycles. The second-order valence-corrected chi connectivity index (χ2v) is 5.19. The number of aromatic nitrogens is 3. The predicted octanol–water partition coefficient (Wildman–Crippen LogP) is 0.208. The Labute approximate surface area is 126 Å². The number of hydrogen-bond acceptors (Lipinski definition) is 4. The van der Waals surface area contributed by atoms with Crippen molar-refractivity contribution in [2.24, 2.45) is 0 Å². The summed E-state index contributed by atoms with van der Waals surface area (Å²) in [6, 6.07) is 4.97. The molecule has 1 N–H and O–H groups in total. The fourth-order valence-corrected chi connectivity index (χ4v) is 2.16. The van der Waals surface area contributed by atoms with Crippen LogP contribution in [0, 0.1) is 0 Å². The molecule has 0 spiro atoms. The van der Waals surface area contributed by atoms with E-state index < -0.39 is 5.97 Å². The Kier molecular flexibility index (Phi) is 4.59. The minimum atomic E-state index is -1.06. The van der Waals surface area contributed by atoms with Crippen molar-refractivity contribution in [2.45, 2.75) is 32.9 Å². The quantitative estimate of drug-likeness (QED) is 0.822. The van der Waals surface area contributed by atoms with Gasteiger partial charge in [0.05, 0.1) is 6.54 Å². The van der Waals surface area contributed by atoms with Crippen molar-refractivity contribution < 1.29 is 14.7 Å². The zero-order valence-electron chi connectivity index (χ0n) is 12.5. The zero-order chi connectivity index (χ0) is 16.3. The monoisotopic (exact) mass is 306 g/mol. The predicted molar refractivity (Wildman–Crippen MR) is 78.6 cm³/mol. The summed E-state index contributed by atoms with van der Waals surface area (Å²) in [7, 11) is 0. The third-order valence-electron chi connectivity index (χ3n) is 3.28. The average molecular weight is 306 g/mol. The summed E-state index contributed by atoms with van der Waals surface area (Å²) >= 11 is 0. The van der Waals surface area contributed by atoms with Crippen LogP contribution in [0.3, 0.4) is 0 Å². The third kappa shape index (κ3) is 3.33. The summed E-state index contributed by atoms with van der Waals surface area (Å²) in [6.45, 7) is 3.26. The van der Waals surface area contributed by atoms with Crippen LogP contribution in [0.25, 0.3) is 5.65 Å². The molecule has 1 amide bonds. The van der Waals surface area contributed by atoms with Crippen LogP contribution in [0.1, 0.15) is 20.3 Å². The Bertz CT molecular complexity index is 747. The van der Waals surface area contributed by atoms with Gasteiger partial charge in [-0.25, -0.2) is 9.48 Å². The first-order valence-corrected chi connectivity index (χ1v) is 6.95. The smallest absolute Gasteiger partial charge is 0.350 e. The van der Waals surface area contributed by atoms with Gasteiger partial charge in [-0.1, -0.05) is 6.07 Å². The van der Waals surface area contributed by atoms with E-state index in [0.29, 0.717) is 5.65 Å². The number of amides is 1. The number of pyridine rings is 1. The lowest BCUT2D eigenvalue weighted by Crippen LogP contribution is -2.41. The van der Waals surface area contributed by atoms with E-state index in [0.717, 1.165) is 0 Å². The summed E-state index contributed by atoms with van der Waals surface area (Å²) in [6.07, 6.45) is 1.63. The Balaban J connectivity index is 2.10. The molecule has 0 saturated carbocycles. The molecule has 0 saturated heterocycles. The van der Waals surface area contributed by atoms with E-state index in [1.165, 1.54) is 14.0 Å². The van der Waals surface area contributed by atoms with E-state index in [9.17, 15) is 14.4 Å². The maximum absolute atomic E-state index is 12.1. The molecule has 0 aromatic carbocycles. The number of hydrogen-bond donors (Lipinski definition) is 1. The van der Waals surface area contributed by atoms with E-state index in [-0.39, 0.29) is 37.1 Å². The number of carboxylic acid groups (broad SMARTS) is 1. The minimum Gasteiger partial charge on any atom is -0.480 e. The molecule has 2 rings (SSSR count). The summed E-state index contributed by atoms with van der Waals surface area (Å²) < 4.78 is 2.61. The van der Waals surface area contributed by atoms with Crippen LogP contribution in [0.15, 0.2) is 29.2 Å². The van der Waals surface area contributed by atoms with Gasteiger partial charge in [0.2, 0.25) is 5.91 Å². The molecule has 8 nitrogen and oxygen atoms in total. The lowest BCUT2D eigenvalue weighted by molar-refractivity contribution is -0.145. The molecule has 2 aromatic rings. The summed E-state index contributed by atoms with van der Waals surface area (Å²) in [5.74, 6) is -1.38. The van der Waals surface area contributed by atoms with Crippen LogP contribution in [-0.2, 0) is 16.1 Å². The first-order valence-electron chi connectivity index (χ1n) is 6.95. The molecule has 0 fully saturated rings. The van der Waals surface area contributed by atoms with Gasteiger partial charge in [-0.05, 0) is 26.0 Å². The van der Waals surface area contributed by atoms with E-state index in [1.807, 2.05) is 0 Å². The van der Waals surface area contributed by atoms with Gasteiger partial charge in [-0.3, -0.25) is 14.0 Å². The van der Waals surface area contributed by atoms with Crippen LogP contribution in [0.4, 0.5) is 0 Å². The number of aliphatic carboxylic acids is 1. The average Bonchev–Trinajstić information content (AvgIpc) is 2.79. The van der Waals surface area contributed by atoms with E-state index in [4.69, 9.17) is 5.11 Å². The Morgan fingerprint density at radius 1 is 1.36 bits per heavy atom. The van der Waals surface area contributed by atoms with Crippen LogP contribution >= 0.6 is 0 Å². The van der Waals surface area contributed by atoms with Crippen LogP contribution in [0.2, 0.25) is 0 Å². The lowest BCUT2D eigenvalue weighted by atomic mass is 10.2. The standard InChI is InChI=1S/C14H18N4O4/c1-10(2)17(9-13(20)21)12(19)6-8-18-14(22)16-7-4-3-5-11(16)15-18/h3-5,7,10H,6,8-9H2,1-2H3,(H,20,21). The Morgan fingerprint density at radius 3 is 2.68 bits per heavy atom. The Hall–Kier alpha value is -2.64. The molecule has 0 aliphatic rings. The van der Waals surface area contributed by atoms with Gasteiger partial charge in [0.25, 0.3) is 0 Å². The number of nitrogens with zero attached hydrogens (tertiary/aromatic N) is 4. The highest BCUT2D eigenvalue weighted by Crippen LogP contribution is 2.03. The summed E-state index contributed by atoms with van der Waals surface area (Å²) in [5, 5.41) is 13.0. The van der Waals surface area contributed by atoms with Crippen molar-refractivity contribution in [3.8, 4) is 0 Å². The number of carbonyl (C=O) groups is 2. The summed E-state index contributed by atoms with van der Waals surface area (Å²) in [4.78, 5) is 36.3. The maximum Gasteiger partial charge on any atom is 0.350 e. The molecule has 0 aliphatic carbocycles. The number of rotatable bonds is 6. The number of carboxylic acids is 1. The van der Waals surface area contributed by atoms with Gasteiger partial charge in [0, 0.05) is 18.7 Å². The molecule has 0 radical (unpaired) electrons. The first-order chi connectivity index (χ1) is 10.4. The molecule has 0 aliphatic heterocycles. The number of aryl methyl sites for hydroxylation is 1. The number of carbonyl (C=O) groups excluding carboxylic acids is 1. The molecule has 0 atom stereocenters. The molecule has 8 heteroatoms. The molecular weight excluding hydrogens is 288 g/mol. The molecular formula is C14H18N4O4. The SMILES string of the molecule is CC(C)N(CC(=O)O)C(=O)CCn1nc2ccccn2c1=O. The number of fused-ring (bicyclic) bond motifs is 1. The summed E-state index contributed by atoms with van der Waals surface area (Å²) in [5.41, 5.74) is 0.184. The second kappa shape index (κ2) is 6.42. The van der Waals surface area contributed by atoms with Crippen molar-refractivity contribution in [1.82, 2.24) is 19.1 Å². The van der Waals surface area contributed by atoms with E-state index in [1.54, 1.807) is 38.2 Å². The molecule has 2 heterocycles. The van der Waals surface area contributed by atoms with Crippen LogP contribution in [0.5, 0.6) is 0 Å². The molecule has 118 valence electrons. The van der Waals surface area contributed by atoms with Crippen LogP contribution < -0.4 is 5.69 Å². The highest BCUT2D eigenvalue weighted by molar-refractivity contribution is 5.81. The first kappa shape index (κ1) is 15.7. The zero-order valence-corrected chi connectivity index (χ0v) is 12.5. The van der Waals surface area contributed by atoms with Crippen LogP contribution in [-0.4, -0.2) is 48.7 Å². The molecule has 0 unspecified atom stereocenters. The van der Waals surface area contributed by atoms with Gasteiger partial charge in [-0.2, -0.15) is 0 Å².